The van der Waals surface area contributed by atoms with Crippen LogP contribution >= 0.6 is 0 Å². The molecule has 0 unspecified atom stereocenters. The molecule has 1 nitrogen and oxygen atoms in total. The van der Waals surface area contributed by atoms with Gasteiger partial charge in [0.2, 0.25) is 0 Å². The maximum Gasteiger partial charge on any atom is 0.299 e. The van der Waals surface area contributed by atoms with E-state index in [4.69, 9.17) is 0 Å². The van der Waals surface area contributed by atoms with E-state index in [2.05, 4.69) is 49.9 Å². The van der Waals surface area contributed by atoms with Crippen molar-refractivity contribution in [2.45, 2.75) is 44.9 Å². The highest BCUT2D eigenvalue weighted by Crippen LogP contribution is 2.20. The average molecular weight is 237 g/mol. The molecule has 2 heterocycles. The fourth-order valence-corrected chi connectivity index (χ4v) is 4.38. The summed E-state index contributed by atoms with van der Waals surface area (Å²) in [5.74, 6) is 4.15. The second kappa shape index (κ2) is 4.79. The summed E-state index contributed by atoms with van der Waals surface area (Å²) in [5.41, 5.74) is 1.70. The molecule has 0 spiro atoms. The van der Waals surface area contributed by atoms with E-state index in [1.165, 1.54) is 35.8 Å². The minimum atomic E-state index is 0.273. The number of nitrogens with zero attached hydrogens (tertiary/aromatic N) is 1. The highest BCUT2D eigenvalue weighted by atomic mass is 32.2. The van der Waals surface area contributed by atoms with Crippen LogP contribution in [0.3, 0.4) is 0 Å². The van der Waals surface area contributed by atoms with Gasteiger partial charge in [0.25, 0.3) is 5.88 Å². The zero-order valence-electron chi connectivity index (χ0n) is 10.7. The quantitative estimate of drug-likeness (QED) is 0.550. The average Bonchev–Trinajstić information content (AvgIpc) is 2.70. The Balaban J connectivity index is 2.01. The van der Waals surface area contributed by atoms with E-state index in [-0.39, 0.29) is 5.41 Å². The molecule has 0 atom stereocenters. The summed E-state index contributed by atoms with van der Waals surface area (Å²) in [4.78, 5) is 0. The smallest absolute Gasteiger partial charge is 0.161 e. The van der Waals surface area contributed by atoms with Gasteiger partial charge in [-0.05, 0) is 23.8 Å². The van der Waals surface area contributed by atoms with Crippen LogP contribution in [0, 0.1) is 0 Å². The van der Waals surface area contributed by atoms with Crippen molar-refractivity contribution in [1.29, 1.82) is 0 Å². The second-order valence-electron chi connectivity index (χ2n) is 5.71. The van der Waals surface area contributed by atoms with Crippen LogP contribution in [0.5, 0.6) is 0 Å². The molecule has 2 rings (SSSR count). The molecule has 0 amide bonds. The minimum Gasteiger partial charge on any atom is -0.161 e. The first-order valence-electron chi connectivity index (χ1n) is 6.19. The van der Waals surface area contributed by atoms with Crippen molar-refractivity contribution in [1.82, 2.24) is 0 Å². The van der Waals surface area contributed by atoms with E-state index in [0.717, 1.165) is 0 Å². The van der Waals surface area contributed by atoms with Gasteiger partial charge in [-0.25, -0.2) is 0 Å². The van der Waals surface area contributed by atoms with Gasteiger partial charge in [-0.3, -0.25) is 0 Å². The predicted molar refractivity (Wildman–Crippen MR) is 71.7 cm³/mol. The third kappa shape index (κ3) is 3.00. The fourth-order valence-electron chi connectivity index (χ4n) is 2.10. The Labute approximate surface area is 102 Å². The monoisotopic (exact) mass is 237 g/mol. The normalized spacial score (nSPS) is 17.9. The van der Waals surface area contributed by atoms with E-state index in [1.807, 2.05) is 0 Å². The van der Waals surface area contributed by atoms with Gasteiger partial charge in [0, 0.05) is 12.1 Å². The van der Waals surface area contributed by atoms with Crippen LogP contribution in [0.25, 0.3) is 0 Å². The maximum atomic E-state index is 2.36. The Hall–Kier alpha value is -0.500. The lowest BCUT2D eigenvalue weighted by molar-refractivity contribution is -0.676. The molecule has 1 saturated heterocycles. The van der Waals surface area contributed by atoms with Crippen molar-refractivity contribution in [3.63, 3.8) is 0 Å². The zero-order valence-corrected chi connectivity index (χ0v) is 11.5. The van der Waals surface area contributed by atoms with Crippen LogP contribution < -0.4 is 4.57 Å². The van der Waals surface area contributed by atoms with Crippen LogP contribution in [-0.4, -0.2) is 11.5 Å². The largest absolute Gasteiger partial charge is 0.299 e. The van der Waals surface area contributed by atoms with Gasteiger partial charge >= 0.3 is 0 Å². The topological polar surface area (TPSA) is 3.88 Å². The van der Waals surface area contributed by atoms with Crippen molar-refractivity contribution >= 4 is 10.9 Å². The van der Waals surface area contributed by atoms with E-state index >= 15 is 0 Å². The van der Waals surface area contributed by atoms with Gasteiger partial charge in [-0.1, -0.05) is 20.8 Å². The van der Waals surface area contributed by atoms with Gasteiger partial charge in [-0.2, -0.15) is 4.57 Å². The van der Waals surface area contributed by atoms with Crippen molar-refractivity contribution in [2.24, 2.45) is 0 Å². The lowest BCUT2D eigenvalue weighted by atomic mass is 9.88. The van der Waals surface area contributed by atoms with Crippen molar-refractivity contribution in [3.8, 4) is 0 Å². The summed E-state index contributed by atoms with van der Waals surface area (Å²) in [6, 6.07) is 4.55. The third-order valence-electron chi connectivity index (χ3n) is 3.20. The van der Waals surface area contributed by atoms with E-state index in [0.29, 0.717) is 10.9 Å². The molecule has 1 fully saturated rings. The summed E-state index contributed by atoms with van der Waals surface area (Å²) in [7, 11) is 0.657. The molecule has 88 valence electrons. The SMILES string of the molecule is CC(C)(C)c1cc[n+](C[S+]2CCCC2)cc1. The molecule has 1 aromatic heterocycles. The van der Waals surface area contributed by atoms with E-state index in [9.17, 15) is 0 Å². The zero-order chi connectivity index (χ0) is 11.6. The lowest BCUT2D eigenvalue weighted by Gasteiger charge is -2.17. The number of rotatable bonds is 2. The molecule has 16 heavy (non-hydrogen) atoms. The highest BCUT2D eigenvalue weighted by Gasteiger charge is 2.28. The Morgan fingerprint density at radius 1 is 1.12 bits per heavy atom. The van der Waals surface area contributed by atoms with Crippen LogP contribution in [0.2, 0.25) is 0 Å². The molecule has 0 N–H and O–H groups in total. The summed E-state index contributed by atoms with van der Waals surface area (Å²) < 4.78 is 2.36. The number of hydrogen-bond donors (Lipinski definition) is 0. The number of pyridine rings is 1. The van der Waals surface area contributed by atoms with Crippen LogP contribution in [0.4, 0.5) is 0 Å². The van der Waals surface area contributed by atoms with Crippen molar-refractivity contribution < 1.29 is 4.57 Å². The number of hydrogen-bond acceptors (Lipinski definition) is 0. The first-order chi connectivity index (χ1) is 7.55. The molecule has 1 aliphatic heterocycles. The van der Waals surface area contributed by atoms with Gasteiger partial charge < -0.3 is 0 Å². The molecular weight excluding hydrogens is 214 g/mol. The van der Waals surface area contributed by atoms with Gasteiger partial charge in [-0.15, -0.1) is 0 Å². The Kier molecular flexibility index (Phi) is 3.58. The summed E-state index contributed by atoms with van der Waals surface area (Å²) in [5, 5.41) is 0. The van der Waals surface area contributed by atoms with Gasteiger partial charge in [0.15, 0.2) is 12.4 Å². The third-order valence-corrected chi connectivity index (χ3v) is 5.60. The van der Waals surface area contributed by atoms with Crippen LogP contribution in [-0.2, 0) is 22.2 Å². The highest BCUT2D eigenvalue weighted by molar-refractivity contribution is 7.95. The van der Waals surface area contributed by atoms with Gasteiger partial charge in [0.05, 0.1) is 10.9 Å². The number of aromatic nitrogens is 1. The van der Waals surface area contributed by atoms with Crippen LogP contribution in [0.1, 0.15) is 39.2 Å². The molecular formula is C14H23NS+2. The Morgan fingerprint density at radius 2 is 1.69 bits per heavy atom. The molecule has 0 aromatic carbocycles. The Morgan fingerprint density at radius 3 is 2.19 bits per heavy atom. The minimum absolute atomic E-state index is 0.273. The first-order valence-corrected chi connectivity index (χ1v) is 7.92. The Bertz CT molecular complexity index is 331. The molecule has 0 bridgehead atoms. The molecule has 0 saturated carbocycles. The van der Waals surface area contributed by atoms with E-state index in [1.54, 1.807) is 0 Å². The van der Waals surface area contributed by atoms with E-state index < -0.39 is 0 Å². The summed E-state index contributed by atoms with van der Waals surface area (Å²) >= 11 is 0. The maximum absolute atomic E-state index is 2.36. The summed E-state index contributed by atoms with van der Waals surface area (Å²) in [6.45, 7) is 6.81. The molecule has 1 aromatic rings. The standard InChI is InChI=1S/C14H23NS/c1-14(2,3)13-6-8-15(9-7-13)12-16-10-4-5-11-16/h6-9H,4-5,10-12H2,1-3H3/q+2. The van der Waals surface area contributed by atoms with Crippen molar-refractivity contribution in [3.05, 3.63) is 30.1 Å². The molecule has 0 aliphatic carbocycles. The molecule has 2 heteroatoms. The molecule has 0 radical (unpaired) electrons. The van der Waals surface area contributed by atoms with Crippen LogP contribution in [0.15, 0.2) is 24.5 Å². The van der Waals surface area contributed by atoms with Crippen molar-refractivity contribution in [2.75, 3.05) is 11.5 Å². The lowest BCUT2D eigenvalue weighted by Crippen LogP contribution is -2.38. The second-order valence-corrected chi connectivity index (χ2v) is 8.01. The first kappa shape index (κ1) is 12.0. The molecule has 1 aliphatic rings. The predicted octanol–water partition coefficient (Wildman–Crippen LogP) is 2.64. The summed E-state index contributed by atoms with van der Waals surface area (Å²) in [6.07, 6.45) is 7.41. The fraction of sp³-hybridized carbons (Fsp3) is 0.643. The van der Waals surface area contributed by atoms with Gasteiger partial charge in [0.1, 0.15) is 11.5 Å².